The second kappa shape index (κ2) is 47.6. The van der Waals surface area contributed by atoms with Crippen LogP contribution in [0.1, 0.15) is 252 Å². The molecular formula is C57H108N2O7P+. The average Bonchev–Trinajstić information content (AvgIpc) is 3.28. The number of carbonyl (C=O) groups excluding carboxylic acids is 2. The van der Waals surface area contributed by atoms with E-state index in [1.54, 1.807) is 0 Å². The van der Waals surface area contributed by atoms with Gasteiger partial charge in [-0.3, -0.25) is 18.6 Å². The van der Waals surface area contributed by atoms with Crippen molar-refractivity contribution in [1.82, 2.24) is 5.32 Å². The Morgan fingerprint density at radius 3 is 1.43 bits per heavy atom. The van der Waals surface area contributed by atoms with Gasteiger partial charge >= 0.3 is 13.8 Å². The van der Waals surface area contributed by atoms with Crippen LogP contribution in [0.3, 0.4) is 0 Å². The molecule has 0 saturated carbocycles. The summed E-state index contributed by atoms with van der Waals surface area (Å²) in [7, 11) is 1.49. The number of quaternary nitrogens is 1. The normalized spacial score (nSPS) is 14.2. The second-order valence-electron chi connectivity index (χ2n) is 20.1. The van der Waals surface area contributed by atoms with Gasteiger partial charge in [0.15, 0.2) is 0 Å². The molecule has 0 heterocycles. The molecule has 0 aliphatic rings. The van der Waals surface area contributed by atoms with Crippen LogP contribution < -0.4 is 5.32 Å². The monoisotopic (exact) mass is 964 g/mol. The van der Waals surface area contributed by atoms with E-state index in [1.165, 1.54) is 128 Å². The predicted molar refractivity (Wildman–Crippen MR) is 286 cm³/mol. The van der Waals surface area contributed by atoms with E-state index in [0.717, 1.165) is 89.9 Å². The zero-order chi connectivity index (χ0) is 49.4. The number of likely N-dealkylation sites (N-methyl/N-ethyl adjacent to an activating group) is 1. The molecule has 0 rings (SSSR count). The summed E-state index contributed by atoms with van der Waals surface area (Å²) >= 11 is 0. The molecule has 3 unspecified atom stereocenters. The van der Waals surface area contributed by atoms with Crippen LogP contribution in [0, 0.1) is 0 Å². The summed E-state index contributed by atoms with van der Waals surface area (Å²) in [5, 5.41) is 3.04. The summed E-state index contributed by atoms with van der Waals surface area (Å²) in [4.78, 5) is 37.5. The number of hydrogen-bond donors (Lipinski definition) is 2. The molecule has 0 bridgehead atoms. The molecule has 0 aromatic carbocycles. The molecule has 1 amide bonds. The van der Waals surface area contributed by atoms with E-state index in [-0.39, 0.29) is 25.1 Å². The quantitative estimate of drug-likeness (QED) is 0.0205. The van der Waals surface area contributed by atoms with E-state index < -0.39 is 20.0 Å². The highest BCUT2D eigenvalue weighted by molar-refractivity contribution is 7.47. The zero-order valence-corrected chi connectivity index (χ0v) is 45.5. The standard InChI is InChI=1S/C57H107N2O7P/c1-7-10-13-16-19-22-25-27-29-30-31-34-37-40-43-46-49-56(60)58-54(53-65-67(62,63)64-52-51-59(4,5)6)55(48-45-42-39-36-33-24-21-18-15-12-9-3)66-57(61)50-47-44-41-38-35-32-28-26-23-20-17-14-11-8-2/h10,13,19,22,27,29,45,48,54-55H,7-9,11-12,14-18,20-21,23-26,28,30-44,46-47,49-53H2,1-6H3,(H-,58,60,62,63)/p+1/b13-10+,22-19+,29-27+,48-45+. The Morgan fingerprint density at radius 1 is 0.537 bits per heavy atom. The van der Waals surface area contributed by atoms with Gasteiger partial charge in [-0.2, -0.15) is 0 Å². The summed E-state index contributed by atoms with van der Waals surface area (Å²) in [6.07, 6.45) is 56.7. The summed E-state index contributed by atoms with van der Waals surface area (Å²) in [5.74, 6) is -0.515. The fourth-order valence-corrected chi connectivity index (χ4v) is 8.69. The number of unbranched alkanes of at least 4 members (excludes halogenated alkanes) is 28. The van der Waals surface area contributed by atoms with E-state index in [4.69, 9.17) is 13.8 Å². The largest absolute Gasteiger partial charge is 0.472 e. The number of allylic oxidation sites excluding steroid dienone is 7. The maximum Gasteiger partial charge on any atom is 0.472 e. The Labute approximate surface area is 414 Å². The minimum absolute atomic E-state index is 0.0380. The Hall–Kier alpha value is -2.03. The van der Waals surface area contributed by atoms with Gasteiger partial charge in [-0.15, -0.1) is 0 Å². The van der Waals surface area contributed by atoms with Crippen LogP contribution in [-0.4, -0.2) is 74.3 Å². The van der Waals surface area contributed by atoms with Gasteiger partial charge in [-0.25, -0.2) is 4.57 Å². The molecule has 0 fully saturated rings. The number of nitrogens with zero attached hydrogens (tertiary/aromatic N) is 1. The first-order chi connectivity index (χ1) is 32.4. The Kier molecular flexibility index (Phi) is 46.2. The highest BCUT2D eigenvalue weighted by atomic mass is 31.2. The zero-order valence-electron chi connectivity index (χ0n) is 44.6. The van der Waals surface area contributed by atoms with Crippen LogP contribution in [0.4, 0.5) is 0 Å². The number of phosphoric ester groups is 1. The summed E-state index contributed by atoms with van der Waals surface area (Å²) in [6, 6.07) is -0.851. The molecule has 0 aliphatic carbocycles. The number of phosphoric acid groups is 1. The first-order valence-electron chi connectivity index (χ1n) is 28.0. The maximum absolute atomic E-state index is 13.5. The van der Waals surface area contributed by atoms with Crippen LogP contribution in [0.25, 0.3) is 0 Å². The molecule has 0 radical (unpaired) electrons. The third kappa shape index (κ3) is 48.8. The highest BCUT2D eigenvalue weighted by Gasteiger charge is 2.30. The van der Waals surface area contributed by atoms with Crippen molar-refractivity contribution in [1.29, 1.82) is 0 Å². The minimum atomic E-state index is -4.44. The van der Waals surface area contributed by atoms with Crippen molar-refractivity contribution in [2.75, 3.05) is 40.9 Å². The molecule has 2 N–H and O–H groups in total. The first kappa shape index (κ1) is 65.0. The molecule has 0 aromatic rings. The maximum atomic E-state index is 13.5. The molecule has 0 spiro atoms. The number of amides is 1. The number of ether oxygens (including phenoxy) is 1. The Morgan fingerprint density at radius 2 is 0.955 bits per heavy atom. The van der Waals surface area contributed by atoms with Crippen molar-refractivity contribution in [2.45, 2.75) is 264 Å². The predicted octanol–water partition coefficient (Wildman–Crippen LogP) is 16.6. The molecule has 0 aromatic heterocycles. The Balaban J connectivity index is 5.35. The molecule has 0 aliphatic heterocycles. The first-order valence-corrected chi connectivity index (χ1v) is 29.5. The molecule has 0 saturated heterocycles. The molecule has 10 heteroatoms. The van der Waals surface area contributed by atoms with E-state index in [2.05, 4.69) is 62.5 Å². The summed E-state index contributed by atoms with van der Waals surface area (Å²) < 4.78 is 30.6. The van der Waals surface area contributed by atoms with Gasteiger partial charge in [-0.05, 0) is 63.9 Å². The summed E-state index contributed by atoms with van der Waals surface area (Å²) in [6.45, 7) is 6.89. The van der Waals surface area contributed by atoms with E-state index in [9.17, 15) is 19.0 Å². The van der Waals surface area contributed by atoms with Crippen molar-refractivity contribution < 1.29 is 37.3 Å². The van der Waals surface area contributed by atoms with Crippen LogP contribution in [-0.2, 0) is 27.9 Å². The number of carbonyl (C=O) groups is 2. The second-order valence-corrected chi connectivity index (χ2v) is 21.5. The fraction of sp³-hybridized carbons (Fsp3) is 0.825. The van der Waals surface area contributed by atoms with Crippen molar-refractivity contribution in [3.63, 3.8) is 0 Å². The lowest BCUT2D eigenvalue weighted by Crippen LogP contribution is -2.47. The molecule has 3 atom stereocenters. The van der Waals surface area contributed by atoms with Crippen LogP contribution in [0.5, 0.6) is 0 Å². The average molecular weight is 964 g/mol. The highest BCUT2D eigenvalue weighted by Crippen LogP contribution is 2.43. The van der Waals surface area contributed by atoms with Gasteiger partial charge in [-0.1, -0.05) is 224 Å². The van der Waals surface area contributed by atoms with E-state index in [1.807, 2.05) is 33.3 Å². The number of hydrogen-bond acceptors (Lipinski definition) is 6. The molecule has 67 heavy (non-hydrogen) atoms. The van der Waals surface area contributed by atoms with Gasteiger partial charge in [0.05, 0.1) is 33.8 Å². The van der Waals surface area contributed by atoms with Gasteiger partial charge in [0.2, 0.25) is 5.91 Å². The van der Waals surface area contributed by atoms with Gasteiger partial charge < -0.3 is 19.4 Å². The lowest BCUT2D eigenvalue weighted by Gasteiger charge is -2.27. The number of rotatable bonds is 50. The SMILES string of the molecule is CC/C=C/C/C=C/C/C=C/CCCCCCCCC(=O)NC(COP(=O)(O)OCC[N+](C)(C)C)C(/C=C/CCCCCCCCCCC)OC(=O)CCCCCCCCCCCCCCCC. The van der Waals surface area contributed by atoms with Crippen LogP contribution in [0.15, 0.2) is 48.6 Å². The minimum Gasteiger partial charge on any atom is -0.456 e. The van der Waals surface area contributed by atoms with Crippen molar-refractivity contribution in [3.8, 4) is 0 Å². The van der Waals surface area contributed by atoms with Gasteiger partial charge in [0.25, 0.3) is 0 Å². The third-order valence-electron chi connectivity index (χ3n) is 12.3. The number of esters is 1. The van der Waals surface area contributed by atoms with Crippen molar-refractivity contribution in [3.05, 3.63) is 48.6 Å². The third-order valence-corrected chi connectivity index (χ3v) is 13.3. The number of nitrogens with one attached hydrogen (secondary N) is 1. The molecular weight excluding hydrogens is 856 g/mol. The van der Waals surface area contributed by atoms with Crippen LogP contribution >= 0.6 is 7.82 Å². The fourth-order valence-electron chi connectivity index (χ4n) is 7.95. The van der Waals surface area contributed by atoms with E-state index >= 15 is 0 Å². The van der Waals surface area contributed by atoms with Crippen LogP contribution in [0.2, 0.25) is 0 Å². The summed E-state index contributed by atoms with van der Waals surface area (Å²) in [5.41, 5.74) is 0. The Bertz CT molecular complexity index is 1290. The van der Waals surface area contributed by atoms with Gasteiger partial charge in [0, 0.05) is 12.8 Å². The topological polar surface area (TPSA) is 111 Å². The smallest absolute Gasteiger partial charge is 0.456 e. The molecule has 392 valence electrons. The lowest BCUT2D eigenvalue weighted by molar-refractivity contribution is -0.870. The van der Waals surface area contributed by atoms with Gasteiger partial charge in [0.1, 0.15) is 19.3 Å². The van der Waals surface area contributed by atoms with Crippen molar-refractivity contribution >= 4 is 19.7 Å². The lowest BCUT2D eigenvalue weighted by atomic mass is 10.0. The van der Waals surface area contributed by atoms with Crippen molar-refractivity contribution in [2.24, 2.45) is 0 Å². The molecule has 9 nitrogen and oxygen atoms in total. The van der Waals surface area contributed by atoms with E-state index in [0.29, 0.717) is 23.9 Å².